The molecule has 0 unspecified atom stereocenters. The number of carbonyl (C=O) groups excluding carboxylic acids is 2. The summed E-state index contributed by atoms with van der Waals surface area (Å²) < 4.78 is 11.0. The number of benzene rings is 2. The van der Waals surface area contributed by atoms with Crippen LogP contribution >= 0.6 is 0 Å². The molecular weight excluding hydrogens is 356 g/mol. The number of nitrogens with one attached hydrogen (secondary N) is 2. The number of amides is 2. The Morgan fingerprint density at radius 1 is 0.821 bits per heavy atom. The molecule has 1 fully saturated rings. The van der Waals surface area contributed by atoms with Gasteiger partial charge in [0, 0.05) is 28.9 Å². The van der Waals surface area contributed by atoms with Gasteiger partial charge < -0.3 is 20.1 Å². The molecular formula is C22H24N2O4. The summed E-state index contributed by atoms with van der Waals surface area (Å²) in [5.41, 5.74) is 1.55. The first-order chi connectivity index (χ1) is 13.7. The average molecular weight is 380 g/mol. The van der Waals surface area contributed by atoms with Crippen molar-refractivity contribution in [1.29, 1.82) is 0 Å². The van der Waals surface area contributed by atoms with E-state index in [0.717, 1.165) is 25.7 Å². The van der Waals surface area contributed by atoms with E-state index in [1.807, 2.05) is 0 Å². The number of carbonyl (C=O) groups is 2. The smallest absolute Gasteiger partial charge is 0.255 e. The highest BCUT2D eigenvalue weighted by atomic mass is 16.6. The summed E-state index contributed by atoms with van der Waals surface area (Å²) in [7, 11) is 0. The monoisotopic (exact) mass is 380 g/mol. The van der Waals surface area contributed by atoms with Crippen LogP contribution in [0.15, 0.2) is 42.5 Å². The largest absolute Gasteiger partial charge is 0.486 e. The van der Waals surface area contributed by atoms with Gasteiger partial charge in [0.2, 0.25) is 0 Å². The van der Waals surface area contributed by atoms with Crippen molar-refractivity contribution in [3.8, 4) is 11.5 Å². The van der Waals surface area contributed by atoms with Gasteiger partial charge in [0.25, 0.3) is 11.8 Å². The van der Waals surface area contributed by atoms with E-state index in [1.54, 1.807) is 42.5 Å². The number of ether oxygens (including phenoxy) is 2. The molecule has 0 atom stereocenters. The third kappa shape index (κ3) is 4.27. The Bertz CT molecular complexity index is 875. The quantitative estimate of drug-likeness (QED) is 0.846. The highest BCUT2D eigenvalue weighted by Gasteiger charge is 2.18. The predicted octanol–water partition coefficient (Wildman–Crippen LogP) is 3.77. The minimum atomic E-state index is -0.274. The van der Waals surface area contributed by atoms with Crippen LogP contribution in [0.5, 0.6) is 11.5 Å². The minimum absolute atomic E-state index is 0.124. The molecule has 0 aromatic heterocycles. The molecule has 0 spiro atoms. The molecule has 1 aliphatic carbocycles. The van der Waals surface area contributed by atoms with Crippen LogP contribution in [0.25, 0.3) is 0 Å². The van der Waals surface area contributed by atoms with Crippen molar-refractivity contribution in [2.24, 2.45) is 0 Å². The molecule has 2 N–H and O–H groups in total. The molecule has 1 heterocycles. The second kappa shape index (κ2) is 8.33. The normalized spacial score (nSPS) is 16.3. The van der Waals surface area contributed by atoms with E-state index >= 15 is 0 Å². The molecule has 1 aliphatic heterocycles. The maximum absolute atomic E-state index is 12.6. The molecule has 2 aliphatic rings. The number of hydrogen-bond acceptors (Lipinski definition) is 4. The van der Waals surface area contributed by atoms with E-state index in [-0.39, 0.29) is 17.9 Å². The second-order valence-corrected chi connectivity index (χ2v) is 7.20. The van der Waals surface area contributed by atoms with E-state index in [9.17, 15) is 9.59 Å². The van der Waals surface area contributed by atoms with Crippen LogP contribution in [-0.2, 0) is 0 Å². The second-order valence-electron chi connectivity index (χ2n) is 7.20. The molecule has 0 radical (unpaired) electrons. The topological polar surface area (TPSA) is 76.7 Å². The Kier molecular flexibility index (Phi) is 5.46. The van der Waals surface area contributed by atoms with Crippen LogP contribution in [0.1, 0.15) is 52.8 Å². The van der Waals surface area contributed by atoms with E-state index in [1.165, 1.54) is 6.42 Å². The number of rotatable bonds is 4. The van der Waals surface area contributed by atoms with Crippen molar-refractivity contribution >= 4 is 17.5 Å². The van der Waals surface area contributed by atoms with Gasteiger partial charge in [-0.05, 0) is 43.2 Å². The fraction of sp³-hybridized carbons (Fsp3) is 0.364. The molecule has 28 heavy (non-hydrogen) atoms. The molecule has 1 saturated carbocycles. The van der Waals surface area contributed by atoms with Crippen molar-refractivity contribution in [3.05, 3.63) is 53.6 Å². The maximum Gasteiger partial charge on any atom is 0.255 e. The minimum Gasteiger partial charge on any atom is -0.486 e. The Morgan fingerprint density at radius 3 is 2.32 bits per heavy atom. The summed E-state index contributed by atoms with van der Waals surface area (Å²) in [6.07, 6.45) is 5.60. The highest BCUT2D eigenvalue weighted by molar-refractivity contribution is 6.06. The van der Waals surface area contributed by atoms with Crippen LogP contribution < -0.4 is 20.1 Å². The van der Waals surface area contributed by atoms with Gasteiger partial charge in [-0.3, -0.25) is 9.59 Å². The highest BCUT2D eigenvalue weighted by Crippen LogP contribution is 2.32. The van der Waals surface area contributed by atoms with E-state index in [2.05, 4.69) is 10.6 Å². The Morgan fingerprint density at radius 2 is 1.54 bits per heavy atom. The Labute approximate surface area is 164 Å². The van der Waals surface area contributed by atoms with Crippen LogP contribution in [0.2, 0.25) is 0 Å². The lowest BCUT2D eigenvalue weighted by molar-refractivity contribution is 0.0927. The predicted molar refractivity (Wildman–Crippen MR) is 106 cm³/mol. The summed E-state index contributed by atoms with van der Waals surface area (Å²) in [6, 6.07) is 12.3. The van der Waals surface area contributed by atoms with Gasteiger partial charge >= 0.3 is 0 Å². The van der Waals surface area contributed by atoms with Gasteiger partial charge in [-0.15, -0.1) is 0 Å². The molecule has 0 bridgehead atoms. The van der Waals surface area contributed by atoms with Gasteiger partial charge in [0.15, 0.2) is 11.5 Å². The first-order valence-corrected chi connectivity index (χ1v) is 9.81. The summed E-state index contributed by atoms with van der Waals surface area (Å²) in [5, 5.41) is 5.93. The van der Waals surface area contributed by atoms with Crippen LogP contribution in [-0.4, -0.2) is 31.1 Å². The summed E-state index contributed by atoms with van der Waals surface area (Å²) in [6.45, 7) is 1.01. The fourth-order valence-electron chi connectivity index (χ4n) is 3.64. The van der Waals surface area contributed by atoms with Crippen molar-refractivity contribution < 1.29 is 19.1 Å². The SMILES string of the molecule is O=C(Nc1ccc2c(c1)OCCO2)c1cccc(C(=O)NC2CCCCC2)c1. The summed E-state index contributed by atoms with van der Waals surface area (Å²) in [5.74, 6) is 0.889. The van der Waals surface area contributed by atoms with Crippen LogP contribution in [0.4, 0.5) is 5.69 Å². The zero-order chi connectivity index (χ0) is 19.3. The average Bonchev–Trinajstić information content (AvgIpc) is 2.74. The molecule has 4 rings (SSSR count). The lowest BCUT2D eigenvalue weighted by atomic mass is 9.95. The van der Waals surface area contributed by atoms with E-state index < -0.39 is 0 Å². The molecule has 146 valence electrons. The number of fused-ring (bicyclic) bond motifs is 1. The first kappa shape index (κ1) is 18.3. The Balaban J connectivity index is 1.43. The molecule has 2 amide bonds. The molecule has 2 aromatic carbocycles. The lowest BCUT2D eigenvalue weighted by Crippen LogP contribution is -2.36. The van der Waals surface area contributed by atoms with E-state index in [0.29, 0.717) is 41.5 Å². The maximum atomic E-state index is 12.6. The number of anilines is 1. The first-order valence-electron chi connectivity index (χ1n) is 9.81. The zero-order valence-corrected chi connectivity index (χ0v) is 15.7. The third-order valence-electron chi connectivity index (χ3n) is 5.13. The Hall–Kier alpha value is -3.02. The van der Waals surface area contributed by atoms with Gasteiger partial charge in [0.05, 0.1) is 0 Å². The molecule has 6 nitrogen and oxygen atoms in total. The third-order valence-corrected chi connectivity index (χ3v) is 5.13. The summed E-state index contributed by atoms with van der Waals surface area (Å²) in [4.78, 5) is 25.2. The van der Waals surface area contributed by atoms with Crippen molar-refractivity contribution in [1.82, 2.24) is 5.32 Å². The van der Waals surface area contributed by atoms with Crippen molar-refractivity contribution in [2.45, 2.75) is 38.1 Å². The van der Waals surface area contributed by atoms with E-state index in [4.69, 9.17) is 9.47 Å². The standard InChI is InChI=1S/C22H24N2O4/c25-21(23-17-7-2-1-3-8-17)15-5-4-6-16(13-15)22(26)24-18-9-10-19-20(14-18)28-12-11-27-19/h4-6,9-10,13-14,17H,1-3,7-8,11-12H2,(H,23,25)(H,24,26). The van der Waals surface area contributed by atoms with Gasteiger partial charge in [-0.1, -0.05) is 25.3 Å². The fourth-order valence-corrected chi connectivity index (χ4v) is 3.64. The van der Waals surface area contributed by atoms with Gasteiger partial charge in [-0.25, -0.2) is 0 Å². The van der Waals surface area contributed by atoms with Crippen molar-refractivity contribution in [3.63, 3.8) is 0 Å². The zero-order valence-electron chi connectivity index (χ0n) is 15.7. The molecule has 0 saturated heterocycles. The van der Waals surface area contributed by atoms with Gasteiger partial charge in [-0.2, -0.15) is 0 Å². The summed E-state index contributed by atoms with van der Waals surface area (Å²) >= 11 is 0. The number of hydrogen-bond donors (Lipinski definition) is 2. The van der Waals surface area contributed by atoms with Crippen LogP contribution in [0.3, 0.4) is 0 Å². The lowest BCUT2D eigenvalue weighted by Gasteiger charge is -2.22. The van der Waals surface area contributed by atoms with Crippen molar-refractivity contribution in [2.75, 3.05) is 18.5 Å². The van der Waals surface area contributed by atoms with Crippen LogP contribution in [0, 0.1) is 0 Å². The van der Waals surface area contributed by atoms with Gasteiger partial charge in [0.1, 0.15) is 13.2 Å². The molecule has 6 heteroatoms. The molecule has 2 aromatic rings.